The number of ether oxygens (including phenoxy) is 1. The Hall–Kier alpha value is -1.57. The highest BCUT2D eigenvalue weighted by Gasteiger charge is 2.30. The Kier molecular flexibility index (Phi) is 6.34. The molecular formula is C14H22N2O3. The monoisotopic (exact) mass is 266 g/mol. The quantitative estimate of drug-likeness (QED) is 0.769. The number of hydrogen-bond donors (Lipinski definition) is 1. The summed E-state index contributed by atoms with van der Waals surface area (Å²) in [6.45, 7) is 1.77. The molecule has 19 heavy (non-hydrogen) atoms. The van der Waals surface area contributed by atoms with Crippen molar-refractivity contribution < 1.29 is 14.3 Å². The molecule has 2 atom stereocenters. The van der Waals surface area contributed by atoms with Crippen molar-refractivity contribution in [3.63, 3.8) is 0 Å². The maximum Gasteiger partial charge on any atom is 0.328 e. The maximum absolute atomic E-state index is 12.1. The second-order valence-electron chi connectivity index (χ2n) is 5.18. The number of esters is 1. The number of rotatable bonds is 5. The van der Waals surface area contributed by atoms with Crippen LogP contribution in [0.15, 0.2) is 0 Å². The van der Waals surface area contributed by atoms with Crippen LogP contribution in [0, 0.1) is 23.2 Å². The summed E-state index contributed by atoms with van der Waals surface area (Å²) in [4.78, 5) is 23.8. The van der Waals surface area contributed by atoms with E-state index >= 15 is 0 Å². The molecule has 0 aromatic carbocycles. The molecule has 1 N–H and O–H groups in total. The molecule has 0 saturated heterocycles. The highest BCUT2D eigenvalue weighted by Crippen LogP contribution is 2.24. The summed E-state index contributed by atoms with van der Waals surface area (Å²) in [5.41, 5.74) is 0. The molecule has 0 bridgehead atoms. The van der Waals surface area contributed by atoms with Gasteiger partial charge in [0.15, 0.2) is 0 Å². The van der Waals surface area contributed by atoms with E-state index in [1.807, 2.05) is 6.07 Å². The molecule has 0 unspecified atom stereocenters. The number of methoxy groups -OCH3 is 1. The first-order valence-electron chi connectivity index (χ1n) is 6.85. The van der Waals surface area contributed by atoms with E-state index in [1.165, 1.54) is 13.5 Å². The van der Waals surface area contributed by atoms with Gasteiger partial charge in [-0.25, -0.2) is 4.79 Å². The normalized spacial score (nSPS) is 19.0. The summed E-state index contributed by atoms with van der Waals surface area (Å²) in [7, 11) is 1.29. The summed E-state index contributed by atoms with van der Waals surface area (Å²) in [5.74, 6) is -0.813. The number of nitrogens with zero attached hydrogens (tertiary/aromatic N) is 1. The zero-order valence-electron chi connectivity index (χ0n) is 11.6. The van der Waals surface area contributed by atoms with Gasteiger partial charge in [0, 0.05) is 18.3 Å². The van der Waals surface area contributed by atoms with Crippen molar-refractivity contribution >= 4 is 11.9 Å². The smallest absolute Gasteiger partial charge is 0.328 e. The number of amides is 1. The summed E-state index contributed by atoms with van der Waals surface area (Å²) in [6.07, 6.45) is 5.28. The van der Waals surface area contributed by atoms with Crippen molar-refractivity contribution in [3.8, 4) is 6.07 Å². The fourth-order valence-corrected chi connectivity index (χ4v) is 2.46. The van der Waals surface area contributed by atoms with Crippen LogP contribution in [0.1, 0.15) is 45.4 Å². The van der Waals surface area contributed by atoms with Gasteiger partial charge in [0.2, 0.25) is 5.91 Å². The summed E-state index contributed by atoms with van der Waals surface area (Å²) < 4.78 is 4.70. The first-order chi connectivity index (χ1) is 9.10. The predicted octanol–water partition coefficient (Wildman–Crippen LogP) is 1.77. The second-order valence-corrected chi connectivity index (χ2v) is 5.18. The Balaban J connectivity index is 2.63. The molecule has 5 nitrogen and oxygen atoms in total. The van der Waals surface area contributed by atoms with Crippen LogP contribution in [-0.4, -0.2) is 25.0 Å². The molecule has 106 valence electrons. The van der Waals surface area contributed by atoms with Crippen molar-refractivity contribution in [3.05, 3.63) is 0 Å². The van der Waals surface area contributed by atoms with Crippen LogP contribution in [0.4, 0.5) is 0 Å². The third kappa shape index (κ3) is 4.55. The largest absolute Gasteiger partial charge is 0.467 e. The standard InChI is InChI=1S/C14H22N2O3/c1-10(8-9-15)12(14(18)19-2)16-13(17)11-6-4-3-5-7-11/h10-12H,3-8H2,1-2H3,(H,16,17)/t10-,12+/m0/s1. The van der Waals surface area contributed by atoms with Gasteiger partial charge in [0.05, 0.1) is 13.2 Å². The van der Waals surface area contributed by atoms with E-state index in [0.29, 0.717) is 0 Å². The molecule has 1 rings (SSSR count). The lowest BCUT2D eigenvalue weighted by Crippen LogP contribution is -2.48. The number of carbonyl (C=O) groups is 2. The minimum absolute atomic E-state index is 0.00445. The van der Waals surface area contributed by atoms with Crippen molar-refractivity contribution in [1.29, 1.82) is 5.26 Å². The zero-order chi connectivity index (χ0) is 14.3. The molecule has 1 fully saturated rings. The van der Waals surface area contributed by atoms with E-state index in [2.05, 4.69) is 5.32 Å². The number of carbonyl (C=O) groups excluding carboxylic acids is 2. The van der Waals surface area contributed by atoms with Crippen LogP contribution < -0.4 is 5.32 Å². The number of hydrogen-bond acceptors (Lipinski definition) is 4. The third-order valence-corrected chi connectivity index (χ3v) is 3.71. The Labute approximate surface area is 114 Å². The number of nitriles is 1. The van der Waals surface area contributed by atoms with Gasteiger partial charge in [0.1, 0.15) is 6.04 Å². The van der Waals surface area contributed by atoms with Crippen molar-refractivity contribution in [1.82, 2.24) is 5.32 Å². The molecule has 5 heteroatoms. The summed E-state index contributed by atoms with van der Waals surface area (Å²) in [6, 6.07) is 1.30. The molecule has 0 spiro atoms. The average molecular weight is 266 g/mol. The van der Waals surface area contributed by atoms with Gasteiger partial charge in [-0.3, -0.25) is 4.79 Å². The van der Waals surface area contributed by atoms with Gasteiger partial charge < -0.3 is 10.1 Å². The first kappa shape index (κ1) is 15.5. The minimum atomic E-state index is -0.723. The van der Waals surface area contributed by atoms with Crippen LogP contribution in [0.25, 0.3) is 0 Å². The summed E-state index contributed by atoms with van der Waals surface area (Å²) in [5, 5.41) is 11.5. The lowest BCUT2D eigenvalue weighted by atomic mass is 9.88. The van der Waals surface area contributed by atoms with Crippen LogP contribution in [0.3, 0.4) is 0 Å². The van der Waals surface area contributed by atoms with Gasteiger partial charge in [-0.2, -0.15) is 5.26 Å². The molecule has 0 aromatic rings. The van der Waals surface area contributed by atoms with Crippen LogP contribution in [0.2, 0.25) is 0 Å². The van der Waals surface area contributed by atoms with E-state index in [0.717, 1.165) is 25.7 Å². The average Bonchev–Trinajstić information content (AvgIpc) is 2.44. The highest BCUT2D eigenvalue weighted by molar-refractivity contribution is 5.86. The Bertz CT molecular complexity index is 356. The SMILES string of the molecule is COC(=O)[C@H](NC(=O)C1CCCCC1)[C@@H](C)CC#N. The third-order valence-electron chi connectivity index (χ3n) is 3.71. The topological polar surface area (TPSA) is 79.2 Å². The number of nitrogens with one attached hydrogen (secondary N) is 1. The van der Waals surface area contributed by atoms with Crippen molar-refractivity contribution in [2.45, 2.75) is 51.5 Å². The Morgan fingerprint density at radius 1 is 1.37 bits per heavy atom. The van der Waals surface area contributed by atoms with Gasteiger partial charge in [-0.05, 0) is 12.8 Å². The van der Waals surface area contributed by atoms with Crippen molar-refractivity contribution in [2.24, 2.45) is 11.8 Å². The zero-order valence-corrected chi connectivity index (χ0v) is 11.6. The van der Waals surface area contributed by atoms with E-state index < -0.39 is 12.0 Å². The van der Waals surface area contributed by atoms with Gasteiger partial charge in [0.25, 0.3) is 0 Å². The highest BCUT2D eigenvalue weighted by atomic mass is 16.5. The van der Waals surface area contributed by atoms with E-state index in [9.17, 15) is 9.59 Å². The first-order valence-corrected chi connectivity index (χ1v) is 6.85. The predicted molar refractivity (Wildman–Crippen MR) is 69.9 cm³/mol. The fraction of sp³-hybridized carbons (Fsp3) is 0.786. The van der Waals surface area contributed by atoms with Gasteiger partial charge >= 0.3 is 5.97 Å². The van der Waals surface area contributed by atoms with Crippen LogP contribution in [-0.2, 0) is 14.3 Å². The molecule has 0 aliphatic heterocycles. The van der Waals surface area contributed by atoms with Crippen molar-refractivity contribution in [2.75, 3.05) is 7.11 Å². The molecule has 1 aliphatic rings. The second kappa shape index (κ2) is 7.78. The molecule has 1 saturated carbocycles. The Morgan fingerprint density at radius 2 is 2.00 bits per heavy atom. The molecule has 0 aromatic heterocycles. The molecule has 1 amide bonds. The summed E-state index contributed by atoms with van der Waals surface area (Å²) >= 11 is 0. The van der Waals surface area contributed by atoms with Gasteiger partial charge in [-0.15, -0.1) is 0 Å². The molecule has 1 aliphatic carbocycles. The minimum Gasteiger partial charge on any atom is -0.467 e. The Morgan fingerprint density at radius 3 is 2.53 bits per heavy atom. The fourth-order valence-electron chi connectivity index (χ4n) is 2.46. The lowest BCUT2D eigenvalue weighted by molar-refractivity contribution is -0.147. The maximum atomic E-state index is 12.1. The van der Waals surface area contributed by atoms with Gasteiger partial charge in [-0.1, -0.05) is 26.2 Å². The molecular weight excluding hydrogens is 244 g/mol. The van der Waals surface area contributed by atoms with Crippen LogP contribution in [0.5, 0.6) is 0 Å². The molecule has 0 heterocycles. The molecule has 0 radical (unpaired) electrons. The van der Waals surface area contributed by atoms with E-state index in [1.54, 1.807) is 6.92 Å². The van der Waals surface area contributed by atoms with E-state index in [4.69, 9.17) is 10.00 Å². The lowest BCUT2D eigenvalue weighted by Gasteiger charge is -2.26. The van der Waals surface area contributed by atoms with Crippen LogP contribution >= 0.6 is 0 Å². The van der Waals surface area contributed by atoms with E-state index in [-0.39, 0.29) is 24.2 Å².